The van der Waals surface area contributed by atoms with Gasteiger partial charge >= 0.3 is 0 Å². The Balaban J connectivity index is 1.79. The number of carbonyl (C=O) groups is 2. The van der Waals surface area contributed by atoms with E-state index in [1.165, 1.54) is 13.3 Å². The molecular formula is C21H32N2O3. The van der Waals surface area contributed by atoms with Crippen LogP contribution in [0.3, 0.4) is 0 Å². The molecule has 0 bridgehead atoms. The zero-order valence-corrected chi connectivity index (χ0v) is 16.4. The molecular weight excluding hydrogens is 328 g/mol. The van der Waals surface area contributed by atoms with Crippen LogP contribution in [0.2, 0.25) is 0 Å². The Kier molecular flexibility index (Phi) is 7.06. The van der Waals surface area contributed by atoms with E-state index in [9.17, 15) is 9.59 Å². The summed E-state index contributed by atoms with van der Waals surface area (Å²) in [5, 5.41) is 5.80. The molecule has 0 heterocycles. The second-order valence-corrected chi connectivity index (χ2v) is 7.92. The van der Waals surface area contributed by atoms with Crippen molar-refractivity contribution in [1.82, 2.24) is 5.32 Å². The summed E-state index contributed by atoms with van der Waals surface area (Å²) in [7, 11) is 0. The van der Waals surface area contributed by atoms with E-state index in [2.05, 4.69) is 31.4 Å². The lowest BCUT2D eigenvalue weighted by atomic mass is 9.69. The monoisotopic (exact) mass is 360 g/mol. The summed E-state index contributed by atoms with van der Waals surface area (Å²) in [6.45, 7) is 8.34. The van der Waals surface area contributed by atoms with Crippen LogP contribution in [0.25, 0.3) is 0 Å². The molecule has 1 aliphatic rings. The summed E-state index contributed by atoms with van der Waals surface area (Å²) in [4.78, 5) is 23.5. The van der Waals surface area contributed by atoms with Crippen LogP contribution < -0.4 is 15.4 Å². The van der Waals surface area contributed by atoms with Crippen molar-refractivity contribution in [2.75, 3.05) is 11.9 Å². The van der Waals surface area contributed by atoms with Gasteiger partial charge in [0.15, 0.2) is 6.61 Å². The van der Waals surface area contributed by atoms with E-state index in [-0.39, 0.29) is 24.5 Å². The number of hydrogen-bond donors (Lipinski definition) is 2. The first kappa shape index (κ1) is 20.3. The second kappa shape index (κ2) is 9.06. The molecule has 1 aromatic rings. The largest absolute Gasteiger partial charge is 0.482 e. The maximum atomic E-state index is 12.2. The number of rotatable bonds is 7. The quantitative estimate of drug-likeness (QED) is 0.768. The first-order chi connectivity index (χ1) is 12.3. The van der Waals surface area contributed by atoms with Crippen LogP contribution in [0.5, 0.6) is 5.75 Å². The van der Waals surface area contributed by atoms with Gasteiger partial charge in [-0.1, -0.05) is 39.3 Å². The first-order valence-corrected chi connectivity index (χ1v) is 9.60. The van der Waals surface area contributed by atoms with E-state index < -0.39 is 0 Å². The summed E-state index contributed by atoms with van der Waals surface area (Å²) in [5.41, 5.74) is 0.959. The SMILES string of the molecule is CCC(C)(C)C1CCC(NC(=O)COc2ccccc2NC(C)=O)CC1. The van der Waals surface area contributed by atoms with Crippen LogP contribution >= 0.6 is 0 Å². The lowest BCUT2D eigenvalue weighted by molar-refractivity contribution is -0.124. The highest BCUT2D eigenvalue weighted by Crippen LogP contribution is 2.40. The molecule has 2 amide bonds. The Morgan fingerprint density at radius 1 is 1.15 bits per heavy atom. The van der Waals surface area contributed by atoms with Gasteiger partial charge in [0, 0.05) is 13.0 Å². The van der Waals surface area contributed by atoms with Gasteiger partial charge in [-0.25, -0.2) is 0 Å². The van der Waals surface area contributed by atoms with Crippen molar-refractivity contribution in [3.05, 3.63) is 24.3 Å². The number of hydrogen-bond acceptors (Lipinski definition) is 3. The van der Waals surface area contributed by atoms with E-state index in [1.807, 2.05) is 12.1 Å². The fraction of sp³-hybridized carbons (Fsp3) is 0.619. The van der Waals surface area contributed by atoms with Gasteiger partial charge < -0.3 is 15.4 Å². The van der Waals surface area contributed by atoms with E-state index in [1.54, 1.807) is 12.1 Å². The van der Waals surface area contributed by atoms with Crippen molar-refractivity contribution in [3.63, 3.8) is 0 Å². The molecule has 1 fully saturated rings. The number of carbonyl (C=O) groups excluding carboxylic acids is 2. The Hall–Kier alpha value is -2.04. The molecule has 0 radical (unpaired) electrons. The molecule has 144 valence electrons. The van der Waals surface area contributed by atoms with Crippen molar-refractivity contribution in [2.24, 2.45) is 11.3 Å². The third kappa shape index (κ3) is 5.75. The number of ether oxygens (including phenoxy) is 1. The molecule has 1 aromatic carbocycles. The molecule has 0 atom stereocenters. The standard InChI is InChI=1S/C21H32N2O3/c1-5-21(3,4)16-10-12-17(13-11-16)23-20(25)14-26-19-9-7-6-8-18(19)22-15(2)24/h6-9,16-17H,5,10-14H2,1-4H3,(H,22,24)(H,23,25). The van der Waals surface area contributed by atoms with E-state index in [0.29, 0.717) is 16.9 Å². The summed E-state index contributed by atoms with van der Waals surface area (Å²) in [5.74, 6) is 0.964. The predicted octanol–water partition coefficient (Wildman–Crippen LogP) is 4.14. The summed E-state index contributed by atoms with van der Waals surface area (Å²) >= 11 is 0. The molecule has 2 N–H and O–H groups in total. The van der Waals surface area contributed by atoms with Crippen molar-refractivity contribution in [3.8, 4) is 5.75 Å². The Morgan fingerprint density at radius 3 is 2.42 bits per heavy atom. The first-order valence-electron chi connectivity index (χ1n) is 9.60. The number of benzene rings is 1. The minimum absolute atomic E-state index is 0.0447. The lowest BCUT2D eigenvalue weighted by Gasteiger charge is -2.39. The highest BCUT2D eigenvalue weighted by molar-refractivity contribution is 5.90. The van der Waals surface area contributed by atoms with E-state index >= 15 is 0 Å². The number of amides is 2. The second-order valence-electron chi connectivity index (χ2n) is 7.92. The summed E-state index contributed by atoms with van der Waals surface area (Å²) < 4.78 is 5.61. The number of nitrogens with one attached hydrogen (secondary N) is 2. The van der Waals surface area contributed by atoms with E-state index in [0.717, 1.165) is 31.6 Å². The third-order valence-electron chi connectivity index (χ3n) is 5.67. The molecule has 5 heteroatoms. The van der Waals surface area contributed by atoms with Crippen LogP contribution in [0.15, 0.2) is 24.3 Å². The zero-order valence-electron chi connectivity index (χ0n) is 16.4. The molecule has 0 aliphatic heterocycles. The average Bonchev–Trinajstić information content (AvgIpc) is 2.61. The highest BCUT2D eigenvalue weighted by Gasteiger charge is 2.32. The average molecular weight is 360 g/mol. The Labute approximate surface area is 156 Å². The van der Waals surface area contributed by atoms with Gasteiger partial charge in [-0.05, 0) is 49.1 Å². The molecule has 0 unspecified atom stereocenters. The minimum atomic E-state index is -0.169. The topological polar surface area (TPSA) is 67.4 Å². The summed E-state index contributed by atoms with van der Waals surface area (Å²) in [6.07, 6.45) is 5.58. The summed E-state index contributed by atoms with van der Waals surface area (Å²) in [6, 6.07) is 7.37. The van der Waals surface area contributed by atoms with Gasteiger partial charge in [-0.2, -0.15) is 0 Å². The molecule has 1 saturated carbocycles. The van der Waals surface area contributed by atoms with Gasteiger partial charge in [0.25, 0.3) is 5.91 Å². The van der Waals surface area contributed by atoms with E-state index in [4.69, 9.17) is 4.74 Å². The van der Waals surface area contributed by atoms with Gasteiger partial charge in [0.1, 0.15) is 5.75 Å². The molecule has 5 nitrogen and oxygen atoms in total. The Morgan fingerprint density at radius 2 is 1.81 bits per heavy atom. The molecule has 2 rings (SSSR count). The smallest absolute Gasteiger partial charge is 0.258 e. The van der Waals surface area contributed by atoms with Crippen LogP contribution in [-0.4, -0.2) is 24.5 Å². The highest BCUT2D eigenvalue weighted by atomic mass is 16.5. The maximum Gasteiger partial charge on any atom is 0.258 e. The predicted molar refractivity (Wildman–Crippen MR) is 104 cm³/mol. The van der Waals surface area contributed by atoms with Crippen molar-refractivity contribution >= 4 is 17.5 Å². The molecule has 0 saturated heterocycles. The lowest BCUT2D eigenvalue weighted by Crippen LogP contribution is -2.41. The van der Waals surface area contributed by atoms with Gasteiger partial charge in [0.2, 0.25) is 5.91 Å². The van der Waals surface area contributed by atoms with Crippen LogP contribution in [0.4, 0.5) is 5.69 Å². The van der Waals surface area contributed by atoms with Crippen molar-refractivity contribution in [2.45, 2.75) is 65.8 Å². The minimum Gasteiger partial charge on any atom is -0.482 e. The van der Waals surface area contributed by atoms with Gasteiger partial charge in [0.05, 0.1) is 5.69 Å². The number of para-hydroxylation sites is 2. The molecule has 1 aliphatic carbocycles. The molecule has 0 aromatic heterocycles. The normalized spacial score (nSPS) is 20.3. The molecule has 0 spiro atoms. The van der Waals surface area contributed by atoms with Crippen LogP contribution in [-0.2, 0) is 9.59 Å². The maximum absolute atomic E-state index is 12.2. The fourth-order valence-electron chi connectivity index (χ4n) is 3.61. The Bertz CT molecular complexity index is 619. The van der Waals surface area contributed by atoms with Gasteiger partial charge in [-0.3, -0.25) is 9.59 Å². The van der Waals surface area contributed by atoms with Crippen LogP contribution in [0, 0.1) is 11.3 Å². The van der Waals surface area contributed by atoms with Crippen LogP contribution in [0.1, 0.15) is 59.8 Å². The fourth-order valence-corrected chi connectivity index (χ4v) is 3.61. The van der Waals surface area contributed by atoms with Crippen molar-refractivity contribution < 1.29 is 14.3 Å². The zero-order chi connectivity index (χ0) is 19.2. The van der Waals surface area contributed by atoms with Crippen molar-refractivity contribution in [1.29, 1.82) is 0 Å². The van der Waals surface area contributed by atoms with Gasteiger partial charge in [-0.15, -0.1) is 0 Å². The molecule has 26 heavy (non-hydrogen) atoms. The number of anilines is 1. The third-order valence-corrected chi connectivity index (χ3v) is 5.67.